The zero-order valence-electron chi connectivity index (χ0n) is 6.41. The first-order chi connectivity index (χ1) is 4.54. The fourth-order valence-corrected chi connectivity index (χ4v) is 0.391. The zero-order valence-corrected chi connectivity index (χ0v) is 9.89. The van der Waals surface area contributed by atoms with Crippen molar-refractivity contribution in [3.8, 4) is 0 Å². The fraction of sp³-hybridized carbons (Fsp3) is 0.600. The molecule has 12 heavy (non-hydrogen) atoms. The quantitative estimate of drug-likeness (QED) is 0.500. The monoisotopic (exact) mass is 251 g/mol. The largest absolute Gasteiger partial charge is 2.00 e. The van der Waals surface area contributed by atoms with Crippen molar-refractivity contribution < 1.29 is 25.3 Å². The third-order valence-corrected chi connectivity index (χ3v) is 0.962. The van der Waals surface area contributed by atoms with Crippen molar-refractivity contribution in [1.29, 1.82) is 0 Å². The van der Waals surface area contributed by atoms with Crippen LogP contribution < -0.4 is 15.9 Å². The van der Waals surface area contributed by atoms with Crippen molar-refractivity contribution in [2.24, 2.45) is 5.73 Å². The van der Waals surface area contributed by atoms with Gasteiger partial charge in [0.25, 0.3) is 0 Å². The minimum absolute atomic E-state index is 0. The van der Waals surface area contributed by atoms with Crippen molar-refractivity contribution in [2.45, 2.75) is 18.9 Å². The van der Waals surface area contributed by atoms with Crippen LogP contribution in [0.2, 0.25) is 0 Å². The molecule has 6 nitrogen and oxygen atoms in total. The van der Waals surface area contributed by atoms with Gasteiger partial charge in [0.2, 0.25) is 0 Å². The van der Waals surface area contributed by atoms with Crippen LogP contribution in [-0.4, -0.2) is 68.9 Å². The minimum atomic E-state index is -1.44. The molecule has 0 aliphatic carbocycles. The van der Waals surface area contributed by atoms with Crippen LogP contribution in [0.5, 0.6) is 0 Å². The third-order valence-electron chi connectivity index (χ3n) is 0.962. The second kappa shape index (κ2) is 9.43. The molecule has 0 rings (SSSR count). The van der Waals surface area contributed by atoms with E-state index in [1.54, 1.807) is 0 Å². The summed E-state index contributed by atoms with van der Waals surface area (Å²) in [6.45, 7) is 0. The summed E-state index contributed by atoms with van der Waals surface area (Å²) in [7, 11) is 0. The molecule has 4 N–H and O–H groups in total. The molecule has 0 fully saturated rings. The second-order valence-electron chi connectivity index (χ2n) is 1.84. The number of hydrogen-bond acceptors (Lipinski definition) is 5. The van der Waals surface area contributed by atoms with Gasteiger partial charge in [-0.1, -0.05) is 0 Å². The summed E-state index contributed by atoms with van der Waals surface area (Å²) in [5.74, 6) is -2.75. The van der Waals surface area contributed by atoms with Crippen LogP contribution in [0, 0.1) is 0 Å². The van der Waals surface area contributed by atoms with Gasteiger partial charge in [-0.2, -0.15) is 0 Å². The Morgan fingerprint density at radius 3 is 2.00 bits per heavy atom. The Kier molecular flexibility index (Phi) is 14.3. The fourth-order valence-electron chi connectivity index (χ4n) is 0.391. The van der Waals surface area contributed by atoms with Gasteiger partial charge in [0, 0.05) is 12.0 Å². The Hall–Kier alpha value is 0.341. The molecular formula is C5H9NO5Sr. The molecule has 1 atom stereocenters. The number of nitrogens with two attached hydrogens (primary N) is 1. The topological polar surface area (TPSA) is 138 Å². The Bertz CT molecular complexity index is 151. The molecule has 0 aliphatic rings. The van der Waals surface area contributed by atoms with Crippen molar-refractivity contribution in [1.82, 2.24) is 0 Å². The zero-order chi connectivity index (χ0) is 8.15. The summed E-state index contributed by atoms with van der Waals surface area (Å²) >= 11 is 0. The Balaban J connectivity index is -0.000000405. The van der Waals surface area contributed by atoms with Crippen LogP contribution in [-0.2, 0) is 9.59 Å². The minimum Gasteiger partial charge on any atom is -0.550 e. The van der Waals surface area contributed by atoms with E-state index in [0.717, 1.165) is 0 Å². The number of carbonyl (C=O) groups excluding carboxylic acids is 2. The van der Waals surface area contributed by atoms with Gasteiger partial charge in [-0.3, -0.25) is 0 Å². The summed E-state index contributed by atoms with van der Waals surface area (Å²) in [5.41, 5.74) is 4.91. The normalized spacial score (nSPS) is 10.4. The summed E-state index contributed by atoms with van der Waals surface area (Å²) in [4.78, 5) is 19.6. The average molecular weight is 251 g/mol. The molecule has 7 heteroatoms. The predicted octanol–water partition coefficient (Wildman–Crippen LogP) is -4.61. The van der Waals surface area contributed by atoms with Gasteiger partial charge in [-0.15, -0.1) is 0 Å². The standard InChI is InChI=1S/C5H9NO4.H2O.Sr/c6-3(5(9)10)1-2-4(7)8;;/h3H,1-2,6H2,(H,7,8)(H,9,10);1H2;/q;;+2/p-2/t3-;;/m0../s1. The molecule has 0 amide bonds. The van der Waals surface area contributed by atoms with E-state index in [-0.39, 0.29) is 63.8 Å². The molecule has 66 valence electrons. The maximum atomic E-state index is 9.86. The van der Waals surface area contributed by atoms with Gasteiger partial charge in [-0.25, -0.2) is 0 Å². The van der Waals surface area contributed by atoms with Gasteiger partial charge < -0.3 is 31.0 Å². The smallest absolute Gasteiger partial charge is 0.550 e. The van der Waals surface area contributed by atoms with Gasteiger partial charge in [0.05, 0.1) is 5.97 Å². The molecule has 0 heterocycles. The number of hydrogen-bond donors (Lipinski definition) is 1. The molecular weight excluding hydrogens is 242 g/mol. The van der Waals surface area contributed by atoms with Crippen molar-refractivity contribution in [2.75, 3.05) is 0 Å². The van der Waals surface area contributed by atoms with Crippen LogP contribution in [0.15, 0.2) is 0 Å². The number of carbonyl (C=O) groups is 2. The van der Waals surface area contributed by atoms with E-state index in [1.807, 2.05) is 0 Å². The van der Waals surface area contributed by atoms with Gasteiger partial charge >= 0.3 is 45.5 Å². The number of carboxylic acid groups (broad SMARTS) is 2. The Morgan fingerprint density at radius 1 is 1.33 bits per heavy atom. The predicted molar refractivity (Wildman–Crippen MR) is 36.6 cm³/mol. The number of rotatable bonds is 4. The van der Waals surface area contributed by atoms with Crippen LogP contribution in [0.4, 0.5) is 0 Å². The maximum absolute atomic E-state index is 9.86. The van der Waals surface area contributed by atoms with Crippen molar-refractivity contribution in [3.63, 3.8) is 0 Å². The summed E-state index contributed by atoms with van der Waals surface area (Å²) < 4.78 is 0. The Morgan fingerprint density at radius 2 is 1.75 bits per heavy atom. The first-order valence-corrected chi connectivity index (χ1v) is 2.70. The first-order valence-electron chi connectivity index (χ1n) is 2.70. The molecule has 0 aliphatic heterocycles. The molecule has 0 spiro atoms. The molecule has 0 radical (unpaired) electrons. The van der Waals surface area contributed by atoms with Crippen molar-refractivity contribution >= 4 is 57.4 Å². The molecule has 0 saturated carbocycles. The third kappa shape index (κ3) is 10.3. The first kappa shape index (κ1) is 18.2. The van der Waals surface area contributed by atoms with Crippen LogP contribution in [0.3, 0.4) is 0 Å². The summed E-state index contributed by atoms with van der Waals surface area (Å²) in [6, 6.07) is -1.21. The van der Waals surface area contributed by atoms with E-state index >= 15 is 0 Å². The molecule has 0 aromatic heterocycles. The number of aliphatic carboxylic acids is 2. The van der Waals surface area contributed by atoms with E-state index in [0.29, 0.717) is 0 Å². The molecule has 0 aromatic rings. The molecule has 0 saturated heterocycles. The van der Waals surface area contributed by atoms with Gasteiger partial charge in [0.1, 0.15) is 0 Å². The van der Waals surface area contributed by atoms with E-state index in [9.17, 15) is 19.8 Å². The van der Waals surface area contributed by atoms with Gasteiger partial charge in [-0.05, 0) is 12.8 Å². The molecule has 0 unspecified atom stereocenters. The van der Waals surface area contributed by atoms with Crippen LogP contribution in [0.1, 0.15) is 12.8 Å². The summed E-state index contributed by atoms with van der Waals surface area (Å²) in [5, 5.41) is 19.6. The molecule has 0 aromatic carbocycles. The molecule has 0 bridgehead atoms. The van der Waals surface area contributed by atoms with E-state index in [2.05, 4.69) is 0 Å². The van der Waals surface area contributed by atoms with Crippen LogP contribution >= 0.6 is 0 Å². The van der Waals surface area contributed by atoms with E-state index in [4.69, 9.17) is 5.73 Å². The van der Waals surface area contributed by atoms with E-state index in [1.165, 1.54) is 0 Å². The van der Waals surface area contributed by atoms with Crippen molar-refractivity contribution in [3.05, 3.63) is 0 Å². The summed E-state index contributed by atoms with van der Waals surface area (Å²) in [6.07, 6.45) is -0.500. The number of carboxylic acids is 2. The average Bonchev–Trinajstić information content (AvgIpc) is 1.82. The SMILES string of the molecule is N[C@@H](CCC(=O)[O-])C(=O)[O-].O.[Sr+2]. The van der Waals surface area contributed by atoms with Crippen LogP contribution in [0.25, 0.3) is 0 Å². The van der Waals surface area contributed by atoms with Gasteiger partial charge in [0.15, 0.2) is 0 Å². The van der Waals surface area contributed by atoms with E-state index < -0.39 is 18.0 Å². The maximum Gasteiger partial charge on any atom is 2.00 e. The second-order valence-corrected chi connectivity index (χ2v) is 1.84. The Labute approximate surface area is 106 Å².